The molecule has 1 aliphatic carbocycles. The van der Waals surface area contributed by atoms with Crippen LogP contribution in [-0.4, -0.2) is 0 Å². The largest absolute Gasteiger partial charge is 0.0795 e. The van der Waals surface area contributed by atoms with E-state index in [1.165, 1.54) is 11.1 Å². The molecule has 12 heavy (non-hydrogen) atoms. The Morgan fingerprint density at radius 2 is 1.58 bits per heavy atom. The molecule has 0 saturated heterocycles. The van der Waals surface area contributed by atoms with E-state index in [1.807, 2.05) is 0 Å². The normalized spacial score (nSPS) is 10.3. The van der Waals surface area contributed by atoms with Crippen LogP contribution in [0.3, 0.4) is 0 Å². The molecule has 0 nitrogen and oxygen atoms in total. The Labute approximate surface area is 105 Å². The molecular formula is C9H8Cu3. The van der Waals surface area contributed by atoms with Gasteiger partial charge in [-0.25, -0.2) is 0 Å². The second-order valence-corrected chi connectivity index (χ2v) is 2.31. The fourth-order valence-electron chi connectivity index (χ4n) is 1.20. The second kappa shape index (κ2) is 6.97. The molecule has 77 valence electrons. The first-order chi connectivity index (χ1) is 4.47. The van der Waals surface area contributed by atoms with Gasteiger partial charge >= 0.3 is 0 Å². The summed E-state index contributed by atoms with van der Waals surface area (Å²) in [5, 5.41) is 0. The molecule has 3 heteroatoms. The minimum absolute atomic E-state index is 0. The molecule has 0 spiro atoms. The Balaban J connectivity index is 0. The van der Waals surface area contributed by atoms with Crippen LogP contribution in [0.1, 0.15) is 11.1 Å². The van der Waals surface area contributed by atoms with Crippen molar-refractivity contribution >= 4 is 6.08 Å². The van der Waals surface area contributed by atoms with E-state index >= 15 is 0 Å². The Kier molecular flexibility index (Phi) is 8.72. The van der Waals surface area contributed by atoms with Crippen molar-refractivity contribution < 1.29 is 51.2 Å². The van der Waals surface area contributed by atoms with Crippen molar-refractivity contribution in [3.8, 4) is 0 Å². The maximum Gasteiger partial charge on any atom is 0 e. The van der Waals surface area contributed by atoms with Gasteiger partial charge in [-0.3, -0.25) is 0 Å². The summed E-state index contributed by atoms with van der Waals surface area (Å²) in [6, 6.07) is 8.49. The van der Waals surface area contributed by atoms with E-state index in [9.17, 15) is 0 Å². The maximum absolute atomic E-state index is 2.20. The molecule has 1 aromatic rings. The van der Waals surface area contributed by atoms with E-state index in [4.69, 9.17) is 0 Å². The minimum Gasteiger partial charge on any atom is -0.0795 e. The van der Waals surface area contributed by atoms with Crippen LogP contribution in [-0.2, 0) is 57.6 Å². The zero-order valence-electron chi connectivity index (χ0n) is 6.08. The molecule has 0 aliphatic heterocycles. The fourth-order valence-corrected chi connectivity index (χ4v) is 1.20. The number of fused-ring (bicyclic) bond motifs is 1. The number of hydrogen-bond acceptors (Lipinski definition) is 0. The summed E-state index contributed by atoms with van der Waals surface area (Å²) < 4.78 is 0. The second-order valence-electron chi connectivity index (χ2n) is 2.31. The van der Waals surface area contributed by atoms with Crippen molar-refractivity contribution in [2.45, 2.75) is 6.42 Å². The predicted molar refractivity (Wildman–Crippen MR) is 39.2 cm³/mol. The zero-order valence-corrected chi connectivity index (χ0v) is 8.90. The standard InChI is InChI=1S/C9H8.3Cu/c1-2-5-9-7-3-6-8(9)4-1;;;/h1-6H,7H2;;;. The number of hydrogen-bond donors (Lipinski definition) is 0. The van der Waals surface area contributed by atoms with Crippen LogP contribution in [0.5, 0.6) is 0 Å². The van der Waals surface area contributed by atoms with Crippen molar-refractivity contribution in [3.63, 3.8) is 0 Å². The summed E-state index contributed by atoms with van der Waals surface area (Å²) >= 11 is 0. The molecule has 2 rings (SSSR count). The molecule has 0 fully saturated rings. The quantitative estimate of drug-likeness (QED) is 0.645. The third-order valence-electron chi connectivity index (χ3n) is 1.69. The average Bonchev–Trinajstić information content (AvgIpc) is 2.33. The first-order valence-corrected chi connectivity index (χ1v) is 3.21. The van der Waals surface area contributed by atoms with Gasteiger partial charge in [0, 0.05) is 51.2 Å². The minimum atomic E-state index is 0. The molecule has 0 unspecified atom stereocenters. The van der Waals surface area contributed by atoms with Gasteiger partial charge in [-0.05, 0) is 17.5 Å². The third kappa shape index (κ3) is 3.11. The molecule has 0 N–H and O–H groups in total. The van der Waals surface area contributed by atoms with Crippen LogP contribution >= 0.6 is 0 Å². The van der Waals surface area contributed by atoms with Crippen LogP contribution in [0.15, 0.2) is 30.3 Å². The molecule has 0 aromatic heterocycles. The molecule has 3 radical (unpaired) electrons. The van der Waals surface area contributed by atoms with Crippen molar-refractivity contribution in [3.05, 3.63) is 41.5 Å². The smallest absolute Gasteiger partial charge is 0 e. The van der Waals surface area contributed by atoms with E-state index in [2.05, 4.69) is 36.4 Å². The average molecular weight is 307 g/mol. The number of benzene rings is 1. The van der Waals surface area contributed by atoms with E-state index in [-0.39, 0.29) is 51.2 Å². The Morgan fingerprint density at radius 1 is 0.917 bits per heavy atom. The maximum atomic E-state index is 2.20. The van der Waals surface area contributed by atoms with Gasteiger partial charge in [-0.2, -0.15) is 0 Å². The zero-order chi connectivity index (χ0) is 6.10. The summed E-state index contributed by atoms with van der Waals surface area (Å²) in [7, 11) is 0. The molecular weight excluding hydrogens is 299 g/mol. The third-order valence-corrected chi connectivity index (χ3v) is 1.69. The van der Waals surface area contributed by atoms with Crippen LogP contribution in [0.4, 0.5) is 0 Å². The van der Waals surface area contributed by atoms with Crippen molar-refractivity contribution in [2.24, 2.45) is 0 Å². The molecule has 0 atom stereocenters. The van der Waals surface area contributed by atoms with Gasteiger partial charge < -0.3 is 0 Å². The van der Waals surface area contributed by atoms with Gasteiger partial charge in [0.1, 0.15) is 0 Å². The van der Waals surface area contributed by atoms with Crippen LogP contribution in [0, 0.1) is 0 Å². The van der Waals surface area contributed by atoms with Gasteiger partial charge in [-0.15, -0.1) is 0 Å². The SMILES string of the molecule is C1=Cc2ccccc2C1.[Cu].[Cu].[Cu]. The summed E-state index contributed by atoms with van der Waals surface area (Å²) in [5.41, 5.74) is 2.84. The van der Waals surface area contributed by atoms with E-state index < -0.39 is 0 Å². The first kappa shape index (κ1) is 15.0. The van der Waals surface area contributed by atoms with Crippen LogP contribution in [0.2, 0.25) is 0 Å². The van der Waals surface area contributed by atoms with Crippen molar-refractivity contribution in [1.82, 2.24) is 0 Å². The Bertz CT molecular complexity index is 256. The van der Waals surface area contributed by atoms with Crippen molar-refractivity contribution in [1.29, 1.82) is 0 Å². The first-order valence-electron chi connectivity index (χ1n) is 3.21. The summed E-state index contributed by atoms with van der Waals surface area (Å²) in [6.07, 6.45) is 5.50. The molecule has 0 amide bonds. The van der Waals surface area contributed by atoms with E-state index in [0.29, 0.717) is 0 Å². The van der Waals surface area contributed by atoms with E-state index in [1.54, 1.807) is 0 Å². The monoisotopic (exact) mass is 305 g/mol. The molecule has 1 aliphatic rings. The summed E-state index contributed by atoms with van der Waals surface area (Å²) in [5.74, 6) is 0. The van der Waals surface area contributed by atoms with Gasteiger partial charge in [0.05, 0.1) is 0 Å². The van der Waals surface area contributed by atoms with Gasteiger partial charge in [0.25, 0.3) is 0 Å². The van der Waals surface area contributed by atoms with Gasteiger partial charge in [0.2, 0.25) is 0 Å². The molecule has 0 saturated carbocycles. The number of rotatable bonds is 0. The van der Waals surface area contributed by atoms with Gasteiger partial charge in [0.15, 0.2) is 0 Å². The summed E-state index contributed by atoms with van der Waals surface area (Å²) in [4.78, 5) is 0. The summed E-state index contributed by atoms with van der Waals surface area (Å²) in [6.45, 7) is 0. The van der Waals surface area contributed by atoms with Crippen LogP contribution < -0.4 is 0 Å². The van der Waals surface area contributed by atoms with Crippen molar-refractivity contribution in [2.75, 3.05) is 0 Å². The predicted octanol–water partition coefficient (Wildman–Crippen LogP) is 2.25. The topological polar surface area (TPSA) is 0 Å². The van der Waals surface area contributed by atoms with Crippen LogP contribution in [0.25, 0.3) is 6.08 Å². The molecule has 1 aromatic carbocycles. The van der Waals surface area contributed by atoms with E-state index in [0.717, 1.165) is 6.42 Å². The van der Waals surface area contributed by atoms with Gasteiger partial charge in [-0.1, -0.05) is 36.4 Å². The fraction of sp³-hybridized carbons (Fsp3) is 0.111. The Morgan fingerprint density at radius 3 is 2.25 bits per heavy atom. The molecule has 0 heterocycles. The number of allylic oxidation sites excluding steroid dienone is 1. The Hall–Kier alpha value is 0.518. The molecule has 0 bridgehead atoms.